The maximum absolute atomic E-state index is 12.9. The van der Waals surface area contributed by atoms with Crippen LogP contribution < -0.4 is 14.8 Å². The molecular formula is C29H27N3O7S. The standard InChI is InChI=1S/C29H27N3O7S/c1-18(2)22-6-4-5-7-23(22)30-27(33)17-39-24-13-10-20(14-25(24)38-3)15-26-28(34)31(29(35)40-26)16-19-8-11-21(12-9-19)32(36)37/h4-15,18H,16-17H2,1-3H3,(H,30,33)/b26-15-. The van der Waals surface area contributed by atoms with Gasteiger partial charge in [0.1, 0.15) is 0 Å². The lowest BCUT2D eigenvalue weighted by Gasteiger charge is -2.15. The van der Waals surface area contributed by atoms with E-state index in [2.05, 4.69) is 5.32 Å². The highest BCUT2D eigenvalue weighted by atomic mass is 32.2. The number of benzene rings is 3. The van der Waals surface area contributed by atoms with Crippen molar-refractivity contribution in [1.29, 1.82) is 0 Å². The molecule has 1 aliphatic rings. The Morgan fingerprint density at radius 1 is 1.07 bits per heavy atom. The third-order valence-electron chi connectivity index (χ3n) is 6.06. The fourth-order valence-electron chi connectivity index (χ4n) is 4.03. The largest absolute Gasteiger partial charge is 0.493 e. The molecular weight excluding hydrogens is 534 g/mol. The maximum atomic E-state index is 12.9. The first-order valence-corrected chi connectivity index (χ1v) is 13.2. The molecule has 0 aliphatic carbocycles. The van der Waals surface area contributed by atoms with E-state index in [1.807, 2.05) is 38.1 Å². The molecule has 1 fully saturated rings. The van der Waals surface area contributed by atoms with Gasteiger partial charge in [0.25, 0.3) is 22.7 Å². The van der Waals surface area contributed by atoms with Gasteiger partial charge in [-0.25, -0.2) is 0 Å². The van der Waals surface area contributed by atoms with Crippen LogP contribution in [0.25, 0.3) is 6.08 Å². The average Bonchev–Trinajstić information content (AvgIpc) is 3.19. The molecule has 0 unspecified atom stereocenters. The SMILES string of the molecule is COc1cc(/C=C2\SC(=O)N(Cc3ccc([N+](=O)[O-])cc3)C2=O)ccc1OCC(=O)Nc1ccccc1C(C)C. The number of nitro groups is 1. The van der Waals surface area contributed by atoms with Crippen LogP contribution in [-0.2, 0) is 16.1 Å². The van der Waals surface area contributed by atoms with Gasteiger partial charge in [-0.2, -0.15) is 0 Å². The van der Waals surface area contributed by atoms with E-state index in [0.29, 0.717) is 22.6 Å². The van der Waals surface area contributed by atoms with Gasteiger partial charge >= 0.3 is 0 Å². The van der Waals surface area contributed by atoms with Gasteiger partial charge in [-0.05, 0) is 58.6 Å². The molecule has 0 atom stereocenters. The number of non-ortho nitro benzene ring substituents is 1. The summed E-state index contributed by atoms with van der Waals surface area (Å²) < 4.78 is 11.1. The molecule has 0 spiro atoms. The molecule has 1 heterocycles. The van der Waals surface area contributed by atoms with Gasteiger partial charge in [0.15, 0.2) is 18.1 Å². The third-order valence-corrected chi connectivity index (χ3v) is 6.97. The molecule has 10 nitrogen and oxygen atoms in total. The van der Waals surface area contributed by atoms with Crippen LogP contribution in [0.15, 0.2) is 71.6 Å². The monoisotopic (exact) mass is 561 g/mol. The summed E-state index contributed by atoms with van der Waals surface area (Å²) >= 11 is 0.805. The lowest BCUT2D eigenvalue weighted by molar-refractivity contribution is -0.384. The number of carbonyl (C=O) groups excluding carboxylic acids is 3. The first-order chi connectivity index (χ1) is 19.2. The quantitative estimate of drug-likeness (QED) is 0.182. The molecule has 3 aromatic rings. The number of thioether (sulfide) groups is 1. The number of amides is 3. The lowest BCUT2D eigenvalue weighted by atomic mass is 10.0. The van der Waals surface area contributed by atoms with Crippen molar-refractivity contribution in [3.05, 3.63) is 98.4 Å². The Morgan fingerprint density at radius 2 is 1.80 bits per heavy atom. The second-order valence-corrected chi connectivity index (χ2v) is 10.2. The summed E-state index contributed by atoms with van der Waals surface area (Å²) in [6, 6.07) is 18.2. The van der Waals surface area contributed by atoms with Crippen molar-refractivity contribution in [3.8, 4) is 11.5 Å². The molecule has 0 saturated carbocycles. The normalized spacial score (nSPS) is 14.1. The van der Waals surface area contributed by atoms with E-state index in [4.69, 9.17) is 9.47 Å². The molecule has 0 radical (unpaired) electrons. The van der Waals surface area contributed by atoms with Crippen LogP contribution in [0.4, 0.5) is 16.2 Å². The zero-order chi connectivity index (χ0) is 28.8. The topological polar surface area (TPSA) is 128 Å². The molecule has 0 bridgehead atoms. The van der Waals surface area contributed by atoms with E-state index in [-0.39, 0.29) is 35.6 Å². The number of hydrogen-bond donors (Lipinski definition) is 1. The van der Waals surface area contributed by atoms with Crippen molar-refractivity contribution >= 4 is 46.3 Å². The van der Waals surface area contributed by atoms with Crippen molar-refractivity contribution in [1.82, 2.24) is 4.90 Å². The summed E-state index contributed by atoms with van der Waals surface area (Å²) in [5, 5.41) is 13.3. The number of para-hydroxylation sites is 1. The summed E-state index contributed by atoms with van der Waals surface area (Å²) in [6.45, 7) is 3.87. The van der Waals surface area contributed by atoms with Crippen LogP contribution in [0, 0.1) is 10.1 Å². The Kier molecular flexibility index (Phi) is 8.85. The number of nitrogens with one attached hydrogen (secondary N) is 1. The summed E-state index contributed by atoms with van der Waals surface area (Å²) in [4.78, 5) is 49.6. The summed E-state index contributed by atoms with van der Waals surface area (Å²) in [6.07, 6.45) is 1.57. The van der Waals surface area contributed by atoms with Crippen molar-refractivity contribution in [2.75, 3.05) is 19.0 Å². The molecule has 11 heteroatoms. The number of nitrogens with zero attached hydrogens (tertiary/aromatic N) is 2. The van der Waals surface area contributed by atoms with E-state index in [9.17, 15) is 24.5 Å². The molecule has 3 aromatic carbocycles. The van der Waals surface area contributed by atoms with E-state index in [1.165, 1.54) is 31.4 Å². The lowest BCUT2D eigenvalue weighted by Crippen LogP contribution is -2.27. The van der Waals surface area contributed by atoms with Gasteiger partial charge < -0.3 is 14.8 Å². The molecule has 1 N–H and O–H groups in total. The van der Waals surface area contributed by atoms with Gasteiger partial charge in [-0.15, -0.1) is 0 Å². The first-order valence-electron chi connectivity index (χ1n) is 12.3. The highest BCUT2D eigenvalue weighted by Gasteiger charge is 2.35. The predicted octanol–water partition coefficient (Wildman–Crippen LogP) is 5.98. The molecule has 0 aromatic heterocycles. The fourth-order valence-corrected chi connectivity index (χ4v) is 4.87. The molecule has 40 heavy (non-hydrogen) atoms. The van der Waals surface area contributed by atoms with Crippen LogP contribution in [0.3, 0.4) is 0 Å². The van der Waals surface area contributed by atoms with Crippen LogP contribution in [-0.4, -0.2) is 40.6 Å². The number of anilines is 1. The number of methoxy groups -OCH3 is 1. The van der Waals surface area contributed by atoms with Gasteiger partial charge in [-0.3, -0.25) is 29.4 Å². The van der Waals surface area contributed by atoms with E-state index in [1.54, 1.807) is 24.3 Å². The first kappa shape index (κ1) is 28.4. The van der Waals surface area contributed by atoms with Crippen molar-refractivity contribution < 1.29 is 28.8 Å². The Morgan fingerprint density at radius 3 is 2.48 bits per heavy atom. The second kappa shape index (κ2) is 12.5. The maximum Gasteiger partial charge on any atom is 0.293 e. The highest BCUT2D eigenvalue weighted by molar-refractivity contribution is 8.18. The smallest absolute Gasteiger partial charge is 0.293 e. The Balaban J connectivity index is 1.41. The minimum atomic E-state index is -0.515. The van der Waals surface area contributed by atoms with Crippen LogP contribution in [0.2, 0.25) is 0 Å². The molecule has 206 valence electrons. The molecule has 1 aliphatic heterocycles. The summed E-state index contributed by atoms with van der Waals surface area (Å²) in [5.41, 5.74) is 2.87. The number of rotatable bonds is 10. The van der Waals surface area contributed by atoms with Gasteiger partial charge in [0, 0.05) is 17.8 Å². The second-order valence-electron chi connectivity index (χ2n) is 9.18. The van der Waals surface area contributed by atoms with Crippen molar-refractivity contribution in [3.63, 3.8) is 0 Å². The minimum Gasteiger partial charge on any atom is -0.493 e. The fraction of sp³-hybridized carbons (Fsp3) is 0.207. The summed E-state index contributed by atoms with van der Waals surface area (Å²) in [5.74, 6) is 0.160. The Bertz CT molecular complexity index is 1490. The van der Waals surface area contributed by atoms with E-state index in [0.717, 1.165) is 27.9 Å². The number of ether oxygens (including phenoxy) is 2. The Hall–Kier alpha value is -4.64. The van der Waals surface area contributed by atoms with E-state index >= 15 is 0 Å². The van der Waals surface area contributed by atoms with Crippen LogP contribution in [0.5, 0.6) is 11.5 Å². The van der Waals surface area contributed by atoms with Crippen molar-refractivity contribution in [2.24, 2.45) is 0 Å². The zero-order valence-corrected chi connectivity index (χ0v) is 22.9. The van der Waals surface area contributed by atoms with Crippen LogP contribution in [0.1, 0.15) is 36.5 Å². The van der Waals surface area contributed by atoms with E-state index < -0.39 is 16.1 Å². The highest BCUT2D eigenvalue weighted by Crippen LogP contribution is 2.35. The van der Waals surface area contributed by atoms with Gasteiger partial charge in [-0.1, -0.05) is 50.2 Å². The third kappa shape index (κ3) is 6.67. The zero-order valence-electron chi connectivity index (χ0n) is 22.1. The number of hydrogen-bond acceptors (Lipinski definition) is 8. The Labute approximate surface area is 235 Å². The predicted molar refractivity (Wildman–Crippen MR) is 152 cm³/mol. The number of carbonyl (C=O) groups is 3. The minimum absolute atomic E-state index is 0.000191. The van der Waals surface area contributed by atoms with Crippen LogP contribution >= 0.6 is 11.8 Å². The summed E-state index contributed by atoms with van der Waals surface area (Å²) in [7, 11) is 1.46. The number of imide groups is 1. The molecule has 1 saturated heterocycles. The molecule has 3 amide bonds. The number of nitro benzene ring substituents is 1. The van der Waals surface area contributed by atoms with Crippen molar-refractivity contribution in [2.45, 2.75) is 26.3 Å². The average molecular weight is 562 g/mol. The van der Waals surface area contributed by atoms with Gasteiger partial charge in [0.2, 0.25) is 0 Å². The molecule has 4 rings (SSSR count). The van der Waals surface area contributed by atoms with Gasteiger partial charge in [0.05, 0.1) is 23.5 Å².